The molecule has 0 radical (unpaired) electrons. The van der Waals surface area contributed by atoms with E-state index in [-0.39, 0.29) is 0 Å². The van der Waals surface area contributed by atoms with Gasteiger partial charge in [0.15, 0.2) is 16.6 Å². The molecule has 0 aliphatic carbocycles. The SMILES string of the molecule is C[Si](C)(C)O[Si](C)(C)CCCCCCBr. The molecule has 0 unspecified atom stereocenters. The van der Waals surface area contributed by atoms with Crippen LogP contribution < -0.4 is 0 Å². The van der Waals surface area contributed by atoms with Gasteiger partial charge in [-0.1, -0.05) is 35.2 Å². The second kappa shape index (κ2) is 7.25. The second-order valence-electron chi connectivity index (χ2n) is 5.83. The Bertz CT molecular complexity index is 166. The molecule has 0 aliphatic rings. The molecule has 0 fully saturated rings. The number of halogens is 1. The Morgan fingerprint density at radius 1 is 0.867 bits per heavy atom. The number of rotatable bonds is 8. The molecule has 0 atom stereocenters. The van der Waals surface area contributed by atoms with Crippen LogP contribution in [-0.4, -0.2) is 22.0 Å². The maximum atomic E-state index is 6.30. The van der Waals surface area contributed by atoms with Crippen LogP contribution in [0.4, 0.5) is 0 Å². The predicted molar refractivity (Wildman–Crippen MR) is 79.0 cm³/mol. The molecule has 0 N–H and O–H groups in total. The molecular formula is C11H27BrOSi2. The molecule has 4 heteroatoms. The monoisotopic (exact) mass is 310 g/mol. The van der Waals surface area contributed by atoms with E-state index in [9.17, 15) is 0 Å². The summed E-state index contributed by atoms with van der Waals surface area (Å²) in [4.78, 5) is 0. The van der Waals surface area contributed by atoms with Crippen LogP contribution in [0.1, 0.15) is 25.7 Å². The molecule has 0 heterocycles. The third kappa shape index (κ3) is 11.1. The van der Waals surface area contributed by atoms with Crippen molar-refractivity contribution in [1.29, 1.82) is 0 Å². The van der Waals surface area contributed by atoms with Crippen molar-refractivity contribution >= 4 is 32.6 Å². The first kappa shape index (κ1) is 15.9. The third-order valence-electron chi connectivity index (χ3n) is 2.24. The Morgan fingerprint density at radius 2 is 1.40 bits per heavy atom. The molecule has 0 spiro atoms. The van der Waals surface area contributed by atoms with Gasteiger partial charge in [0.2, 0.25) is 0 Å². The molecule has 0 bridgehead atoms. The maximum absolute atomic E-state index is 6.30. The van der Waals surface area contributed by atoms with Crippen molar-refractivity contribution in [2.45, 2.75) is 64.5 Å². The summed E-state index contributed by atoms with van der Waals surface area (Å²) in [6, 6.07) is 1.33. The van der Waals surface area contributed by atoms with Gasteiger partial charge in [-0.3, -0.25) is 0 Å². The molecular weight excluding hydrogens is 284 g/mol. The highest BCUT2D eigenvalue weighted by Crippen LogP contribution is 2.21. The Hall–Kier alpha value is 0.874. The van der Waals surface area contributed by atoms with Gasteiger partial charge in [0.05, 0.1) is 0 Å². The van der Waals surface area contributed by atoms with E-state index in [4.69, 9.17) is 4.12 Å². The molecule has 0 saturated heterocycles. The van der Waals surface area contributed by atoms with Crippen LogP contribution in [0.25, 0.3) is 0 Å². The molecule has 0 aliphatic heterocycles. The van der Waals surface area contributed by atoms with Crippen LogP contribution >= 0.6 is 15.9 Å². The van der Waals surface area contributed by atoms with Crippen LogP contribution in [0.5, 0.6) is 0 Å². The van der Waals surface area contributed by atoms with E-state index in [1.165, 1.54) is 31.7 Å². The molecule has 0 aromatic carbocycles. The highest BCUT2D eigenvalue weighted by molar-refractivity contribution is 9.09. The normalized spacial score (nSPS) is 13.2. The van der Waals surface area contributed by atoms with Crippen molar-refractivity contribution in [3.05, 3.63) is 0 Å². The third-order valence-corrected chi connectivity index (χ3v) is 9.02. The smallest absolute Gasteiger partial charge is 0.173 e. The van der Waals surface area contributed by atoms with E-state index >= 15 is 0 Å². The van der Waals surface area contributed by atoms with Gasteiger partial charge in [-0.15, -0.1) is 0 Å². The minimum absolute atomic E-state index is 1.15. The summed E-state index contributed by atoms with van der Waals surface area (Å²) in [5, 5.41) is 1.15. The van der Waals surface area contributed by atoms with Gasteiger partial charge in [-0.05, 0) is 45.2 Å². The van der Waals surface area contributed by atoms with Crippen molar-refractivity contribution in [2.24, 2.45) is 0 Å². The lowest BCUT2D eigenvalue weighted by atomic mass is 10.2. The van der Waals surface area contributed by atoms with Crippen molar-refractivity contribution in [3.8, 4) is 0 Å². The zero-order valence-corrected chi connectivity index (χ0v) is 14.6. The molecule has 1 nitrogen and oxygen atoms in total. The summed E-state index contributed by atoms with van der Waals surface area (Å²) in [5.41, 5.74) is 0. The molecule has 15 heavy (non-hydrogen) atoms. The number of alkyl halides is 1. The lowest BCUT2D eigenvalue weighted by Gasteiger charge is -2.31. The van der Waals surface area contributed by atoms with Gasteiger partial charge < -0.3 is 4.12 Å². The first-order valence-corrected chi connectivity index (χ1v) is 13.7. The molecule has 0 amide bonds. The minimum atomic E-state index is -1.35. The van der Waals surface area contributed by atoms with Gasteiger partial charge >= 0.3 is 0 Å². The maximum Gasteiger partial charge on any atom is 0.173 e. The molecule has 92 valence electrons. The summed E-state index contributed by atoms with van der Waals surface area (Å²) < 4.78 is 6.30. The fourth-order valence-corrected chi connectivity index (χ4v) is 10.4. The zero-order chi connectivity index (χ0) is 11.9. The summed E-state index contributed by atoms with van der Waals surface area (Å²) in [6.45, 7) is 11.6. The largest absolute Gasteiger partial charge is 0.456 e. The zero-order valence-electron chi connectivity index (χ0n) is 11.0. The fraction of sp³-hybridized carbons (Fsp3) is 1.00. The van der Waals surface area contributed by atoms with E-state index in [1.54, 1.807) is 0 Å². The van der Waals surface area contributed by atoms with E-state index in [0.29, 0.717) is 0 Å². The van der Waals surface area contributed by atoms with E-state index in [1.807, 2.05) is 0 Å². The van der Waals surface area contributed by atoms with E-state index in [2.05, 4.69) is 48.7 Å². The number of hydrogen-bond acceptors (Lipinski definition) is 1. The van der Waals surface area contributed by atoms with Gasteiger partial charge in [-0.25, -0.2) is 0 Å². The Labute approximate surface area is 106 Å². The number of hydrogen-bond donors (Lipinski definition) is 0. The van der Waals surface area contributed by atoms with E-state index < -0.39 is 16.6 Å². The highest BCUT2D eigenvalue weighted by atomic mass is 79.9. The predicted octanol–water partition coefficient (Wildman–Crippen LogP) is 5.00. The van der Waals surface area contributed by atoms with Gasteiger partial charge in [0.1, 0.15) is 0 Å². The van der Waals surface area contributed by atoms with Gasteiger partial charge in [0.25, 0.3) is 0 Å². The summed E-state index contributed by atoms with van der Waals surface area (Å²) in [5.74, 6) is 0. The van der Waals surface area contributed by atoms with Crippen LogP contribution in [0.2, 0.25) is 38.8 Å². The van der Waals surface area contributed by atoms with Crippen molar-refractivity contribution in [2.75, 3.05) is 5.33 Å². The Balaban J connectivity index is 3.65. The topological polar surface area (TPSA) is 9.23 Å². The average Bonchev–Trinajstić information content (AvgIpc) is 1.99. The van der Waals surface area contributed by atoms with Crippen LogP contribution in [0.3, 0.4) is 0 Å². The van der Waals surface area contributed by atoms with Crippen LogP contribution in [0, 0.1) is 0 Å². The minimum Gasteiger partial charge on any atom is -0.456 e. The Morgan fingerprint density at radius 3 is 1.87 bits per heavy atom. The lowest BCUT2D eigenvalue weighted by Crippen LogP contribution is -2.42. The van der Waals surface area contributed by atoms with Gasteiger partial charge in [0, 0.05) is 5.33 Å². The van der Waals surface area contributed by atoms with Crippen molar-refractivity contribution < 1.29 is 4.12 Å². The number of unbranched alkanes of at least 4 members (excludes halogenated alkanes) is 3. The quantitative estimate of drug-likeness (QED) is 0.348. The fourth-order valence-electron chi connectivity index (χ4n) is 1.88. The molecule has 0 aromatic heterocycles. The summed E-state index contributed by atoms with van der Waals surface area (Å²) in [7, 11) is -2.66. The van der Waals surface area contributed by atoms with Gasteiger partial charge in [-0.2, -0.15) is 0 Å². The standard InChI is InChI=1S/C11H27BrOSi2/c1-14(2,3)13-15(4,5)11-9-7-6-8-10-12/h6-11H2,1-5H3. The average molecular weight is 311 g/mol. The van der Waals surface area contributed by atoms with E-state index in [0.717, 1.165) is 5.33 Å². The molecule has 0 saturated carbocycles. The first-order valence-electron chi connectivity index (χ1n) is 6.03. The van der Waals surface area contributed by atoms with Crippen molar-refractivity contribution in [1.82, 2.24) is 0 Å². The van der Waals surface area contributed by atoms with Crippen LogP contribution in [0.15, 0.2) is 0 Å². The lowest BCUT2D eigenvalue weighted by molar-refractivity contribution is 0.539. The summed E-state index contributed by atoms with van der Waals surface area (Å²) >= 11 is 3.47. The highest BCUT2D eigenvalue weighted by Gasteiger charge is 2.28. The second-order valence-corrected chi connectivity index (χ2v) is 15.7. The van der Waals surface area contributed by atoms with Crippen molar-refractivity contribution in [3.63, 3.8) is 0 Å². The first-order chi connectivity index (χ1) is 6.77. The molecule has 0 aromatic rings. The molecule has 0 rings (SSSR count). The Kier molecular flexibility index (Phi) is 7.67. The van der Waals surface area contributed by atoms with Crippen LogP contribution in [-0.2, 0) is 4.12 Å². The summed E-state index contributed by atoms with van der Waals surface area (Å²) in [6.07, 6.45) is 5.41.